The fourth-order valence-corrected chi connectivity index (χ4v) is 4.11. The summed E-state index contributed by atoms with van der Waals surface area (Å²) in [4.78, 5) is 26.5. The van der Waals surface area contributed by atoms with Crippen molar-refractivity contribution in [3.8, 4) is 0 Å². The van der Waals surface area contributed by atoms with E-state index in [-0.39, 0.29) is 17.9 Å². The van der Waals surface area contributed by atoms with Gasteiger partial charge < -0.3 is 10.2 Å². The van der Waals surface area contributed by atoms with Crippen molar-refractivity contribution in [3.63, 3.8) is 0 Å². The Morgan fingerprint density at radius 3 is 2.53 bits per heavy atom. The van der Waals surface area contributed by atoms with Gasteiger partial charge in [-0.05, 0) is 50.5 Å². The summed E-state index contributed by atoms with van der Waals surface area (Å²) in [5.41, 5.74) is -0.758. The highest BCUT2D eigenvalue weighted by atomic mass is 32.2. The van der Waals surface area contributed by atoms with Crippen molar-refractivity contribution in [1.29, 1.82) is 0 Å². The Morgan fingerprint density at radius 1 is 1.32 bits per heavy atom. The first-order valence-electron chi connectivity index (χ1n) is 7.16. The van der Waals surface area contributed by atoms with Gasteiger partial charge >= 0.3 is 0 Å². The number of thioether (sulfide) groups is 1. The average molecular weight is 284 g/mol. The molecular weight excluding hydrogens is 260 g/mol. The molecule has 2 amide bonds. The topological polar surface area (TPSA) is 49.4 Å². The summed E-state index contributed by atoms with van der Waals surface area (Å²) < 4.78 is 0. The number of piperazine rings is 1. The summed E-state index contributed by atoms with van der Waals surface area (Å²) in [6, 6.07) is -0.282. The number of nitrogens with one attached hydrogen (secondary N) is 1. The molecule has 2 heterocycles. The monoisotopic (exact) mass is 284 g/mol. The lowest BCUT2D eigenvalue weighted by atomic mass is 9.93. The van der Waals surface area contributed by atoms with Gasteiger partial charge in [0.1, 0.15) is 11.6 Å². The molecule has 5 heteroatoms. The molecule has 0 aromatic carbocycles. The lowest BCUT2D eigenvalue weighted by Gasteiger charge is -2.44. The van der Waals surface area contributed by atoms with Crippen LogP contribution in [-0.4, -0.2) is 46.3 Å². The van der Waals surface area contributed by atoms with Gasteiger partial charge in [0.05, 0.1) is 0 Å². The van der Waals surface area contributed by atoms with Crippen molar-refractivity contribution in [1.82, 2.24) is 10.2 Å². The van der Waals surface area contributed by atoms with Gasteiger partial charge in [-0.1, -0.05) is 6.92 Å². The van der Waals surface area contributed by atoms with Crippen LogP contribution in [0.5, 0.6) is 0 Å². The van der Waals surface area contributed by atoms with Crippen LogP contribution in [0.15, 0.2) is 0 Å². The van der Waals surface area contributed by atoms with Crippen LogP contribution < -0.4 is 5.32 Å². The van der Waals surface area contributed by atoms with Crippen LogP contribution in [0.1, 0.15) is 40.0 Å². The highest BCUT2D eigenvalue weighted by Gasteiger charge is 2.44. The van der Waals surface area contributed by atoms with E-state index < -0.39 is 5.54 Å². The van der Waals surface area contributed by atoms with Gasteiger partial charge in [0, 0.05) is 6.54 Å². The summed E-state index contributed by atoms with van der Waals surface area (Å²) in [6.45, 7) is 6.31. The molecule has 0 aromatic rings. The molecule has 2 saturated heterocycles. The van der Waals surface area contributed by atoms with E-state index >= 15 is 0 Å². The Hall–Kier alpha value is -0.710. The van der Waals surface area contributed by atoms with Crippen LogP contribution in [0.4, 0.5) is 0 Å². The van der Waals surface area contributed by atoms with Crippen LogP contribution in [0.3, 0.4) is 0 Å². The van der Waals surface area contributed by atoms with Crippen LogP contribution >= 0.6 is 11.8 Å². The molecule has 4 nitrogen and oxygen atoms in total. The molecule has 0 aromatic heterocycles. The van der Waals surface area contributed by atoms with Crippen LogP contribution in [-0.2, 0) is 9.59 Å². The van der Waals surface area contributed by atoms with Crippen molar-refractivity contribution >= 4 is 23.6 Å². The third-order valence-electron chi connectivity index (χ3n) is 4.09. The molecule has 0 aliphatic carbocycles. The highest BCUT2D eigenvalue weighted by Crippen LogP contribution is 2.27. The maximum atomic E-state index is 12.5. The van der Waals surface area contributed by atoms with Crippen LogP contribution in [0.25, 0.3) is 0 Å². The first-order valence-corrected chi connectivity index (χ1v) is 8.32. The Balaban J connectivity index is 2.12. The number of rotatable bonds is 3. The van der Waals surface area contributed by atoms with Gasteiger partial charge in [-0.2, -0.15) is 11.8 Å². The van der Waals surface area contributed by atoms with E-state index in [2.05, 4.69) is 5.32 Å². The third kappa shape index (κ3) is 3.07. The summed E-state index contributed by atoms with van der Waals surface area (Å²) >= 11 is 1.99. The maximum absolute atomic E-state index is 12.5. The summed E-state index contributed by atoms with van der Waals surface area (Å²) in [6.07, 6.45) is 3.01. The Kier molecular flexibility index (Phi) is 4.43. The first kappa shape index (κ1) is 14.7. The Bertz CT molecular complexity index is 364. The molecule has 2 aliphatic heterocycles. The zero-order chi connectivity index (χ0) is 14.0. The molecule has 2 aliphatic rings. The van der Waals surface area contributed by atoms with Gasteiger partial charge in [-0.3, -0.25) is 9.59 Å². The van der Waals surface area contributed by atoms with Crippen LogP contribution in [0, 0.1) is 5.92 Å². The molecule has 2 fully saturated rings. The average Bonchev–Trinajstić information content (AvgIpc) is 2.37. The van der Waals surface area contributed by atoms with Crippen molar-refractivity contribution in [2.24, 2.45) is 5.92 Å². The molecule has 0 spiro atoms. The molecule has 19 heavy (non-hydrogen) atoms. The summed E-state index contributed by atoms with van der Waals surface area (Å²) in [5, 5.41) is 2.84. The zero-order valence-corrected chi connectivity index (χ0v) is 12.9. The molecule has 0 bridgehead atoms. The van der Waals surface area contributed by atoms with Crippen molar-refractivity contribution < 1.29 is 9.59 Å². The second-order valence-electron chi connectivity index (χ2n) is 6.05. The quantitative estimate of drug-likeness (QED) is 0.857. The summed E-state index contributed by atoms with van der Waals surface area (Å²) in [5.74, 6) is 2.98. The predicted octanol–water partition coefficient (Wildman–Crippen LogP) is 1.65. The largest absolute Gasteiger partial charge is 0.340 e. The van der Waals surface area contributed by atoms with E-state index in [1.165, 1.54) is 11.5 Å². The fourth-order valence-electron chi connectivity index (χ4n) is 2.91. The predicted molar refractivity (Wildman–Crippen MR) is 78.1 cm³/mol. The van der Waals surface area contributed by atoms with Gasteiger partial charge in [-0.15, -0.1) is 0 Å². The van der Waals surface area contributed by atoms with Gasteiger partial charge in [-0.25, -0.2) is 0 Å². The molecule has 2 rings (SSSR count). The van der Waals surface area contributed by atoms with Crippen molar-refractivity contribution in [3.05, 3.63) is 0 Å². The number of hydrogen-bond donors (Lipinski definition) is 1. The van der Waals surface area contributed by atoms with Gasteiger partial charge in [0.2, 0.25) is 11.8 Å². The van der Waals surface area contributed by atoms with E-state index in [4.69, 9.17) is 0 Å². The van der Waals surface area contributed by atoms with E-state index in [1.807, 2.05) is 23.6 Å². The van der Waals surface area contributed by atoms with E-state index in [1.54, 1.807) is 13.8 Å². The maximum Gasteiger partial charge on any atom is 0.248 e. The number of carbonyl (C=O) groups excluding carboxylic acids is 2. The molecule has 1 N–H and O–H groups in total. The Labute approximate surface area is 119 Å². The van der Waals surface area contributed by atoms with Crippen molar-refractivity contribution in [2.75, 3.05) is 18.1 Å². The second kappa shape index (κ2) is 5.73. The lowest BCUT2D eigenvalue weighted by molar-refractivity contribution is -0.154. The van der Waals surface area contributed by atoms with Crippen molar-refractivity contribution in [2.45, 2.75) is 51.6 Å². The highest BCUT2D eigenvalue weighted by molar-refractivity contribution is 7.99. The minimum Gasteiger partial charge on any atom is -0.340 e. The molecule has 1 atom stereocenters. The number of carbonyl (C=O) groups is 2. The summed E-state index contributed by atoms with van der Waals surface area (Å²) in [7, 11) is 0. The fraction of sp³-hybridized carbons (Fsp3) is 0.857. The molecule has 0 radical (unpaired) electrons. The smallest absolute Gasteiger partial charge is 0.248 e. The second-order valence-corrected chi connectivity index (χ2v) is 7.28. The van der Waals surface area contributed by atoms with E-state index in [9.17, 15) is 9.59 Å². The van der Waals surface area contributed by atoms with Gasteiger partial charge in [0.15, 0.2) is 0 Å². The minimum atomic E-state index is -0.758. The molecule has 0 saturated carbocycles. The molecule has 108 valence electrons. The SMILES string of the molecule is CCC1C(=O)NC(C)(C)C(=O)N1CC1CCSCC1. The van der Waals surface area contributed by atoms with Crippen LogP contribution in [0.2, 0.25) is 0 Å². The van der Waals surface area contributed by atoms with E-state index in [0.717, 1.165) is 19.4 Å². The number of hydrogen-bond acceptors (Lipinski definition) is 3. The normalized spacial score (nSPS) is 28.4. The molecule has 1 unspecified atom stereocenters. The standard InChI is InChI=1S/C14H24N2O2S/c1-4-11-12(17)15-14(2,3)13(18)16(11)9-10-5-7-19-8-6-10/h10-11H,4-9H2,1-3H3,(H,15,17). The third-order valence-corrected chi connectivity index (χ3v) is 5.14. The number of amides is 2. The number of nitrogens with zero attached hydrogens (tertiary/aromatic N) is 1. The van der Waals surface area contributed by atoms with Gasteiger partial charge in [0.25, 0.3) is 0 Å². The Morgan fingerprint density at radius 2 is 1.95 bits per heavy atom. The zero-order valence-electron chi connectivity index (χ0n) is 12.1. The first-order chi connectivity index (χ1) is 8.95. The minimum absolute atomic E-state index is 0.00251. The van der Waals surface area contributed by atoms with E-state index in [0.29, 0.717) is 12.3 Å². The molecular formula is C14H24N2O2S. The lowest BCUT2D eigenvalue weighted by Crippen LogP contribution is -2.68.